The van der Waals surface area contributed by atoms with Gasteiger partial charge in [0.2, 0.25) is 0 Å². The predicted molar refractivity (Wildman–Crippen MR) is 74.1 cm³/mol. The van der Waals surface area contributed by atoms with E-state index in [0.717, 1.165) is 18.2 Å². The summed E-state index contributed by atoms with van der Waals surface area (Å²) in [4.78, 5) is 11.9. The molecule has 2 nitrogen and oxygen atoms in total. The van der Waals surface area contributed by atoms with Crippen molar-refractivity contribution >= 4 is 37.8 Å². The molecule has 0 aliphatic carbocycles. The molecule has 5 heteroatoms. The van der Waals surface area contributed by atoms with E-state index in [1.165, 1.54) is 18.2 Å². The SMILES string of the molecule is CC(CCCBr)NC(=O)c1ccc(F)cc1Br. The Hall–Kier alpha value is -0.420. The highest BCUT2D eigenvalue weighted by molar-refractivity contribution is 9.10. The van der Waals surface area contributed by atoms with Crippen molar-refractivity contribution in [2.45, 2.75) is 25.8 Å². The summed E-state index contributed by atoms with van der Waals surface area (Å²) in [5.74, 6) is -0.542. The van der Waals surface area contributed by atoms with Crippen LogP contribution in [-0.2, 0) is 0 Å². The molecule has 1 unspecified atom stereocenters. The normalized spacial score (nSPS) is 12.2. The van der Waals surface area contributed by atoms with Gasteiger partial charge in [-0.1, -0.05) is 15.9 Å². The monoisotopic (exact) mass is 365 g/mol. The molecule has 0 heterocycles. The fraction of sp³-hybridized carbons (Fsp3) is 0.417. The molecule has 1 aromatic carbocycles. The summed E-state index contributed by atoms with van der Waals surface area (Å²) in [6, 6.07) is 4.16. The van der Waals surface area contributed by atoms with Gasteiger partial charge in [-0.15, -0.1) is 0 Å². The van der Waals surface area contributed by atoms with Crippen LogP contribution in [0.4, 0.5) is 4.39 Å². The highest BCUT2D eigenvalue weighted by atomic mass is 79.9. The zero-order valence-electron chi connectivity index (χ0n) is 9.47. The van der Waals surface area contributed by atoms with Crippen molar-refractivity contribution in [2.75, 3.05) is 5.33 Å². The maximum absolute atomic E-state index is 12.9. The molecule has 1 amide bonds. The maximum atomic E-state index is 12.9. The third kappa shape index (κ3) is 4.76. The zero-order valence-corrected chi connectivity index (χ0v) is 12.6. The van der Waals surface area contributed by atoms with E-state index in [1.807, 2.05) is 6.92 Å². The van der Waals surface area contributed by atoms with Crippen LogP contribution >= 0.6 is 31.9 Å². The van der Waals surface area contributed by atoms with E-state index in [1.54, 1.807) is 0 Å². The van der Waals surface area contributed by atoms with Gasteiger partial charge < -0.3 is 5.32 Å². The summed E-state index contributed by atoms with van der Waals surface area (Å²) in [7, 11) is 0. The standard InChI is InChI=1S/C12H14Br2FNO/c1-8(3-2-6-13)16-12(17)10-5-4-9(15)7-11(10)14/h4-5,7-8H,2-3,6H2,1H3,(H,16,17). The third-order valence-corrected chi connectivity index (χ3v) is 3.54. The Morgan fingerprint density at radius 2 is 2.24 bits per heavy atom. The first-order chi connectivity index (χ1) is 8.04. The number of rotatable bonds is 5. The second kappa shape index (κ2) is 7.11. The van der Waals surface area contributed by atoms with Gasteiger partial charge in [0.05, 0.1) is 5.56 Å². The Bertz CT molecular complexity index is 398. The van der Waals surface area contributed by atoms with Crippen molar-refractivity contribution in [3.63, 3.8) is 0 Å². The van der Waals surface area contributed by atoms with Crippen LogP contribution in [0, 0.1) is 5.82 Å². The average molecular weight is 367 g/mol. The van der Waals surface area contributed by atoms with E-state index >= 15 is 0 Å². The van der Waals surface area contributed by atoms with Crippen molar-refractivity contribution in [1.29, 1.82) is 0 Å². The smallest absolute Gasteiger partial charge is 0.252 e. The number of halogens is 3. The summed E-state index contributed by atoms with van der Waals surface area (Å²) in [5.41, 5.74) is 0.456. The Kier molecular flexibility index (Phi) is 6.12. The lowest BCUT2D eigenvalue weighted by atomic mass is 10.1. The number of carbonyl (C=O) groups is 1. The Morgan fingerprint density at radius 1 is 1.53 bits per heavy atom. The molecule has 1 rings (SSSR count). The van der Waals surface area contributed by atoms with Crippen molar-refractivity contribution in [1.82, 2.24) is 5.32 Å². The van der Waals surface area contributed by atoms with Gasteiger partial charge in [0.25, 0.3) is 5.91 Å². The largest absolute Gasteiger partial charge is 0.350 e. The van der Waals surface area contributed by atoms with Crippen molar-refractivity contribution < 1.29 is 9.18 Å². The first-order valence-electron chi connectivity index (χ1n) is 5.36. The Labute approximate surface area is 117 Å². The van der Waals surface area contributed by atoms with Gasteiger partial charge in [-0.05, 0) is 53.9 Å². The van der Waals surface area contributed by atoms with Crippen molar-refractivity contribution in [3.05, 3.63) is 34.1 Å². The minimum atomic E-state index is -0.360. The molecule has 0 spiro atoms. The van der Waals surface area contributed by atoms with Crippen LogP contribution in [-0.4, -0.2) is 17.3 Å². The molecular weight excluding hydrogens is 353 g/mol. The van der Waals surface area contributed by atoms with Crippen LogP contribution in [0.25, 0.3) is 0 Å². The average Bonchev–Trinajstić information content (AvgIpc) is 2.26. The van der Waals surface area contributed by atoms with Crippen molar-refractivity contribution in [2.24, 2.45) is 0 Å². The van der Waals surface area contributed by atoms with Gasteiger partial charge in [0, 0.05) is 15.8 Å². The second-order valence-electron chi connectivity index (χ2n) is 3.83. The molecule has 17 heavy (non-hydrogen) atoms. The molecule has 0 radical (unpaired) electrons. The van der Waals surface area contributed by atoms with E-state index in [9.17, 15) is 9.18 Å². The number of nitrogens with one attached hydrogen (secondary N) is 1. The van der Waals surface area contributed by atoms with E-state index < -0.39 is 0 Å². The highest BCUT2D eigenvalue weighted by Crippen LogP contribution is 2.18. The van der Waals surface area contributed by atoms with E-state index in [4.69, 9.17) is 0 Å². The van der Waals surface area contributed by atoms with Crippen LogP contribution in [0.3, 0.4) is 0 Å². The van der Waals surface area contributed by atoms with Gasteiger partial charge in [0.15, 0.2) is 0 Å². The minimum Gasteiger partial charge on any atom is -0.350 e. The Balaban J connectivity index is 2.63. The van der Waals surface area contributed by atoms with Crippen LogP contribution in [0.15, 0.2) is 22.7 Å². The molecular formula is C12H14Br2FNO. The van der Waals surface area contributed by atoms with Crippen LogP contribution in [0.2, 0.25) is 0 Å². The molecule has 94 valence electrons. The van der Waals surface area contributed by atoms with E-state index in [-0.39, 0.29) is 17.8 Å². The number of amides is 1. The van der Waals surface area contributed by atoms with Gasteiger partial charge in [-0.2, -0.15) is 0 Å². The summed E-state index contributed by atoms with van der Waals surface area (Å²) >= 11 is 6.53. The molecule has 0 saturated heterocycles. The van der Waals surface area contributed by atoms with Crippen LogP contribution in [0.5, 0.6) is 0 Å². The van der Waals surface area contributed by atoms with Crippen molar-refractivity contribution in [3.8, 4) is 0 Å². The maximum Gasteiger partial charge on any atom is 0.252 e. The number of carbonyl (C=O) groups excluding carboxylic acids is 1. The lowest BCUT2D eigenvalue weighted by molar-refractivity contribution is 0.0937. The third-order valence-electron chi connectivity index (χ3n) is 2.32. The van der Waals surface area contributed by atoms with Crippen LogP contribution in [0.1, 0.15) is 30.1 Å². The molecule has 1 aromatic rings. The first kappa shape index (κ1) is 14.6. The summed E-state index contributed by atoms with van der Waals surface area (Å²) in [6.07, 6.45) is 1.92. The van der Waals surface area contributed by atoms with Gasteiger partial charge in [-0.25, -0.2) is 4.39 Å². The molecule has 0 aromatic heterocycles. The quantitative estimate of drug-likeness (QED) is 0.787. The molecule has 0 saturated carbocycles. The molecule has 1 atom stereocenters. The summed E-state index contributed by atoms with van der Waals surface area (Å²) in [5, 5.41) is 3.80. The number of alkyl halides is 1. The lowest BCUT2D eigenvalue weighted by Crippen LogP contribution is -2.32. The number of benzene rings is 1. The number of hydrogen-bond acceptors (Lipinski definition) is 1. The topological polar surface area (TPSA) is 29.1 Å². The number of hydrogen-bond donors (Lipinski definition) is 1. The summed E-state index contributed by atoms with van der Waals surface area (Å²) < 4.78 is 13.3. The Morgan fingerprint density at radius 3 is 2.82 bits per heavy atom. The van der Waals surface area contributed by atoms with Gasteiger partial charge in [0.1, 0.15) is 5.82 Å². The second-order valence-corrected chi connectivity index (χ2v) is 5.48. The fourth-order valence-corrected chi connectivity index (χ4v) is 2.29. The zero-order chi connectivity index (χ0) is 12.8. The highest BCUT2D eigenvalue weighted by Gasteiger charge is 2.12. The predicted octanol–water partition coefficient (Wildman–Crippen LogP) is 3.88. The van der Waals surface area contributed by atoms with Gasteiger partial charge >= 0.3 is 0 Å². The fourth-order valence-electron chi connectivity index (χ4n) is 1.43. The molecule has 0 bridgehead atoms. The van der Waals surface area contributed by atoms with Gasteiger partial charge in [-0.3, -0.25) is 4.79 Å². The van der Waals surface area contributed by atoms with Crippen LogP contribution < -0.4 is 5.32 Å². The summed E-state index contributed by atoms with van der Waals surface area (Å²) in [6.45, 7) is 1.96. The minimum absolute atomic E-state index is 0.108. The van der Waals surface area contributed by atoms with E-state index in [2.05, 4.69) is 37.2 Å². The first-order valence-corrected chi connectivity index (χ1v) is 7.28. The molecule has 0 aliphatic rings. The lowest BCUT2D eigenvalue weighted by Gasteiger charge is -2.13. The molecule has 1 N–H and O–H groups in total. The molecule has 0 aliphatic heterocycles. The molecule has 0 fully saturated rings. The van der Waals surface area contributed by atoms with E-state index in [0.29, 0.717) is 10.0 Å².